The van der Waals surface area contributed by atoms with E-state index >= 15 is 0 Å². The van der Waals surface area contributed by atoms with Gasteiger partial charge in [0.1, 0.15) is 0 Å². The van der Waals surface area contributed by atoms with Gasteiger partial charge in [-0.3, -0.25) is 0 Å². The number of hydrogen-bond acceptors (Lipinski definition) is 4. The zero-order valence-corrected chi connectivity index (χ0v) is 10.7. The van der Waals surface area contributed by atoms with E-state index in [1.54, 1.807) is 6.07 Å². The Morgan fingerprint density at radius 1 is 1.41 bits per heavy atom. The zero-order chi connectivity index (χ0) is 12.8. The van der Waals surface area contributed by atoms with Crippen molar-refractivity contribution in [2.24, 2.45) is 5.73 Å². The largest absolute Gasteiger partial charge is 0.504 e. The normalized spacial score (nSPS) is 12.2. The van der Waals surface area contributed by atoms with Crippen LogP contribution in [0, 0.1) is 0 Å². The van der Waals surface area contributed by atoms with Crippen LogP contribution in [-0.2, 0) is 0 Å². The van der Waals surface area contributed by atoms with Crippen molar-refractivity contribution in [3.8, 4) is 17.2 Å². The van der Waals surface area contributed by atoms with E-state index in [2.05, 4.69) is 6.92 Å². The first-order valence-corrected chi connectivity index (χ1v) is 5.87. The first-order chi connectivity index (χ1) is 8.13. The minimum absolute atomic E-state index is 0.109. The maximum atomic E-state index is 9.88. The van der Waals surface area contributed by atoms with Crippen LogP contribution in [0.5, 0.6) is 17.2 Å². The minimum atomic E-state index is 0.109. The number of hydrogen-bond donors (Lipinski definition) is 2. The summed E-state index contributed by atoms with van der Waals surface area (Å²) in [5, 5.41) is 9.88. The fourth-order valence-electron chi connectivity index (χ4n) is 1.78. The van der Waals surface area contributed by atoms with Gasteiger partial charge >= 0.3 is 0 Å². The van der Waals surface area contributed by atoms with Crippen LogP contribution < -0.4 is 15.2 Å². The van der Waals surface area contributed by atoms with Crippen molar-refractivity contribution in [2.45, 2.75) is 26.2 Å². The van der Waals surface area contributed by atoms with Gasteiger partial charge in [-0.1, -0.05) is 6.92 Å². The number of aromatic hydroxyl groups is 1. The van der Waals surface area contributed by atoms with Crippen LogP contribution in [0.15, 0.2) is 12.1 Å². The van der Waals surface area contributed by atoms with E-state index in [1.807, 2.05) is 13.0 Å². The summed E-state index contributed by atoms with van der Waals surface area (Å²) in [5.41, 5.74) is 6.55. The smallest absolute Gasteiger partial charge is 0.203 e. The lowest BCUT2D eigenvalue weighted by Crippen LogP contribution is -2.05. The summed E-state index contributed by atoms with van der Waals surface area (Å²) >= 11 is 0. The minimum Gasteiger partial charge on any atom is -0.504 e. The average molecular weight is 239 g/mol. The number of benzene rings is 1. The molecule has 0 amide bonds. The summed E-state index contributed by atoms with van der Waals surface area (Å²) in [6, 6.07) is 3.62. The Morgan fingerprint density at radius 2 is 2.12 bits per heavy atom. The van der Waals surface area contributed by atoms with Crippen molar-refractivity contribution in [2.75, 3.05) is 20.3 Å². The Balaban J connectivity index is 3.09. The van der Waals surface area contributed by atoms with E-state index in [0.717, 1.165) is 12.0 Å². The molecule has 0 saturated carbocycles. The van der Waals surface area contributed by atoms with E-state index in [9.17, 15) is 5.11 Å². The van der Waals surface area contributed by atoms with Gasteiger partial charge in [-0.2, -0.15) is 0 Å². The van der Waals surface area contributed by atoms with Crippen LogP contribution in [0.2, 0.25) is 0 Å². The molecule has 0 heterocycles. The average Bonchev–Trinajstić information content (AvgIpc) is 2.29. The molecule has 1 atom stereocenters. The SMILES string of the molecule is CCOc1cc(C(C)CCN)cc(O)c1OC. The number of methoxy groups -OCH3 is 1. The molecule has 1 aromatic rings. The van der Waals surface area contributed by atoms with Crippen molar-refractivity contribution in [1.29, 1.82) is 0 Å². The van der Waals surface area contributed by atoms with Crippen LogP contribution in [0.25, 0.3) is 0 Å². The first-order valence-electron chi connectivity index (χ1n) is 5.87. The lowest BCUT2D eigenvalue weighted by atomic mass is 9.97. The molecule has 3 N–H and O–H groups in total. The van der Waals surface area contributed by atoms with Crippen molar-refractivity contribution in [3.63, 3.8) is 0 Å². The third-order valence-electron chi connectivity index (χ3n) is 2.73. The molecule has 1 aromatic carbocycles. The van der Waals surface area contributed by atoms with Crippen LogP contribution in [0.4, 0.5) is 0 Å². The van der Waals surface area contributed by atoms with Gasteiger partial charge in [-0.15, -0.1) is 0 Å². The van der Waals surface area contributed by atoms with Gasteiger partial charge in [-0.05, 0) is 43.5 Å². The second-order valence-corrected chi connectivity index (χ2v) is 3.98. The van der Waals surface area contributed by atoms with Crippen LogP contribution in [0.3, 0.4) is 0 Å². The Bertz CT molecular complexity index is 366. The first kappa shape index (κ1) is 13.6. The van der Waals surface area contributed by atoms with Gasteiger partial charge in [0.15, 0.2) is 11.5 Å². The molecule has 0 aliphatic carbocycles. The molecule has 17 heavy (non-hydrogen) atoms. The van der Waals surface area contributed by atoms with Crippen molar-refractivity contribution in [1.82, 2.24) is 0 Å². The Labute approximate surface area is 102 Å². The summed E-state index contributed by atoms with van der Waals surface area (Å²) in [4.78, 5) is 0. The summed E-state index contributed by atoms with van der Waals surface area (Å²) in [7, 11) is 1.51. The third-order valence-corrected chi connectivity index (χ3v) is 2.73. The lowest BCUT2D eigenvalue weighted by Gasteiger charge is -2.16. The molecule has 4 nitrogen and oxygen atoms in total. The van der Waals surface area contributed by atoms with Gasteiger partial charge < -0.3 is 20.3 Å². The fourth-order valence-corrected chi connectivity index (χ4v) is 1.78. The summed E-state index contributed by atoms with van der Waals surface area (Å²) in [5.74, 6) is 1.36. The second-order valence-electron chi connectivity index (χ2n) is 3.98. The number of rotatable bonds is 6. The number of phenolic OH excluding ortho intramolecular Hbond substituents is 1. The third kappa shape index (κ3) is 3.27. The van der Waals surface area contributed by atoms with Gasteiger partial charge in [0.25, 0.3) is 0 Å². The summed E-state index contributed by atoms with van der Waals surface area (Å²) in [6.45, 7) is 5.12. The molecule has 4 heteroatoms. The molecule has 0 radical (unpaired) electrons. The molecule has 1 unspecified atom stereocenters. The Kier molecular flexibility index (Phi) is 5.10. The van der Waals surface area contributed by atoms with Crippen LogP contribution in [0.1, 0.15) is 31.7 Å². The molecule has 0 aromatic heterocycles. The van der Waals surface area contributed by atoms with Crippen LogP contribution in [-0.4, -0.2) is 25.4 Å². The molecule has 0 aliphatic rings. The molecule has 0 spiro atoms. The van der Waals surface area contributed by atoms with Crippen molar-refractivity contribution in [3.05, 3.63) is 17.7 Å². The van der Waals surface area contributed by atoms with E-state index < -0.39 is 0 Å². The van der Waals surface area contributed by atoms with E-state index in [1.165, 1.54) is 7.11 Å². The number of phenols is 1. The number of nitrogens with two attached hydrogens (primary N) is 1. The highest BCUT2D eigenvalue weighted by Gasteiger charge is 2.15. The summed E-state index contributed by atoms with van der Waals surface area (Å²) < 4.78 is 10.6. The van der Waals surface area contributed by atoms with Crippen molar-refractivity contribution >= 4 is 0 Å². The van der Waals surface area contributed by atoms with E-state index in [4.69, 9.17) is 15.2 Å². The highest BCUT2D eigenvalue weighted by molar-refractivity contribution is 5.53. The molecule has 1 rings (SSSR count). The lowest BCUT2D eigenvalue weighted by molar-refractivity contribution is 0.299. The summed E-state index contributed by atoms with van der Waals surface area (Å²) in [6.07, 6.45) is 0.872. The Morgan fingerprint density at radius 3 is 2.65 bits per heavy atom. The highest BCUT2D eigenvalue weighted by Crippen LogP contribution is 2.39. The molecular weight excluding hydrogens is 218 g/mol. The second kappa shape index (κ2) is 6.35. The topological polar surface area (TPSA) is 64.7 Å². The van der Waals surface area contributed by atoms with Gasteiger partial charge in [0, 0.05) is 0 Å². The number of ether oxygens (including phenoxy) is 2. The molecular formula is C13H21NO3. The van der Waals surface area contributed by atoms with Gasteiger partial charge in [0.2, 0.25) is 5.75 Å². The molecule has 96 valence electrons. The van der Waals surface area contributed by atoms with Crippen molar-refractivity contribution < 1.29 is 14.6 Å². The maximum absolute atomic E-state index is 9.88. The maximum Gasteiger partial charge on any atom is 0.203 e. The molecule has 0 aliphatic heterocycles. The van der Waals surface area contributed by atoms with E-state index in [0.29, 0.717) is 24.7 Å². The molecule has 0 saturated heterocycles. The predicted molar refractivity (Wildman–Crippen MR) is 67.9 cm³/mol. The fraction of sp³-hybridized carbons (Fsp3) is 0.538. The van der Waals surface area contributed by atoms with E-state index in [-0.39, 0.29) is 11.7 Å². The predicted octanol–water partition coefficient (Wildman–Crippen LogP) is 2.25. The monoisotopic (exact) mass is 239 g/mol. The van der Waals surface area contributed by atoms with Gasteiger partial charge in [-0.25, -0.2) is 0 Å². The standard InChI is InChI=1S/C13H21NO3/c1-4-17-12-8-10(9(2)5-6-14)7-11(15)13(12)16-3/h7-9,15H,4-6,14H2,1-3H3. The molecule has 0 fully saturated rings. The Hall–Kier alpha value is -1.42. The quantitative estimate of drug-likeness (QED) is 0.799. The zero-order valence-electron chi connectivity index (χ0n) is 10.7. The van der Waals surface area contributed by atoms with Crippen LogP contribution >= 0.6 is 0 Å². The molecule has 0 bridgehead atoms. The highest BCUT2D eigenvalue weighted by atomic mass is 16.5. The van der Waals surface area contributed by atoms with Gasteiger partial charge in [0.05, 0.1) is 13.7 Å².